The Bertz CT molecular complexity index is 806. The van der Waals surface area contributed by atoms with Crippen LogP contribution >= 0.6 is 0 Å². The zero-order chi connectivity index (χ0) is 19.1. The molecule has 0 saturated carbocycles. The molecule has 1 aliphatic heterocycles. The van der Waals surface area contributed by atoms with Crippen molar-refractivity contribution in [3.8, 4) is 5.75 Å². The molecule has 0 fully saturated rings. The number of fused-ring (bicyclic) bond motifs is 1. The number of carbonyl (C=O) groups excluding carboxylic acids is 2. The Balaban J connectivity index is 1.36. The minimum absolute atomic E-state index is 0.0569. The Hall–Kier alpha value is -2.86. The van der Waals surface area contributed by atoms with E-state index < -0.39 is 0 Å². The zero-order valence-corrected chi connectivity index (χ0v) is 15.1. The molecule has 2 aromatic carbocycles. The minimum atomic E-state index is -0.246. The van der Waals surface area contributed by atoms with Crippen LogP contribution in [0.15, 0.2) is 48.5 Å². The number of rotatable bonds is 7. The molecule has 0 aromatic heterocycles. The van der Waals surface area contributed by atoms with Crippen LogP contribution in [0.25, 0.3) is 0 Å². The summed E-state index contributed by atoms with van der Waals surface area (Å²) in [6, 6.07) is 14.3. The third kappa shape index (κ3) is 5.31. The monoisotopic (exact) mass is 368 g/mol. The maximum atomic E-state index is 12.2. The van der Waals surface area contributed by atoms with E-state index in [0.717, 1.165) is 12.0 Å². The van der Waals surface area contributed by atoms with E-state index in [1.807, 2.05) is 18.2 Å². The van der Waals surface area contributed by atoms with Gasteiger partial charge in [-0.15, -0.1) is 0 Å². The lowest BCUT2D eigenvalue weighted by molar-refractivity contribution is -0.124. The Labute approximate surface area is 158 Å². The molecule has 1 aliphatic rings. The van der Waals surface area contributed by atoms with Gasteiger partial charge in [-0.05, 0) is 42.2 Å². The molecule has 0 spiro atoms. The van der Waals surface area contributed by atoms with E-state index in [4.69, 9.17) is 4.74 Å². The van der Waals surface area contributed by atoms with E-state index >= 15 is 0 Å². The molecule has 1 atom stereocenters. The van der Waals surface area contributed by atoms with Crippen LogP contribution < -0.4 is 10.6 Å². The zero-order valence-electron chi connectivity index (χ0n) is 15.1. The number of hydrogen-bond acceptors (Lipinski definition) is 4. The Morgan fingerprint density at radius 2 is 1.89 bits per heavy atom. The van der Waals surface area contributed by atoms with Crippen LogP contribution in [0.3, 0.4) is 0 Å². The third-order valence-electron chi connectivity index (χ3n) is 4.53. The molecule has 3 rings (SSSR count). The molecule has 1 heterocycles. The molecule has 0 aliphatic carbocycles. The SMILES string of the molecule is O=C(CC1OCCc2ccccc21)NCCCNC(=O)c1cccc(O)c1. The van der Waals surface area contributed by atoms with Crippen molar-refractivity contribution < 1.29 is 19.4 Å². The summed E-state index contributed by atoms with van der Waals surface area (Å²) in [4.78, 5) is 24.1. The summed E-state index contributed by atoms with van der Waals surface area (Å²) in [6.45, 7) is 1.56. The smallest absolute Gasteiger partial charge is 0.251 e. The highest BCUT2D eigenvalue weighted by Gasteiger charge is 2.22. The number of phenols is 1. The summed E-state index contributed by atoms with van der Waals surface area (Å²) in [6.07, 6.45) is 1.61. The highest BCUT2D eigenvalue weighted by Crippen LogP contribution is 2.29. The standard InChI is InChI=1S/C21H24N2O4/c24-17-7-3-6-16(13-17)21(26)23-11-4-10-22-20(25)14-19-18-8-2-1-5-15(18)9-12-27-19/h1-3,5-8,13,19,24H,4,9-12,14H2,(H,22,25)(H,23,26). The van der Waals surface area contributed by atoms with E-state index in [1.165, 1.54) is 17.7 Å². The lowest BCUT2D eigenvalue weighted by Gasteiger charge is -2.25. The number of phenolic OH excluding ortho intramolecular Hbond substituents is 1. The molecule has 0 saturated heterocycles. The van der Waals surface area contributed by atoms with Gasteiger partial charge in [0.25, 0.3) is 5.91 Å². The minimum Gasteiger partial charge on any atom is -0.508 e. The quantitative estimate of drug-likeness (QED) is 0.655. The molecular formula is C21H24N2O4. The van der Waals surface area contributed by atoms with E-state index in [-0.39, 0.29) is 23.7 Å². The van der Waals surface area contributed by atoms with Gasteiger partial charge >= 0.3 is 0 Å². The fourth-order valence-corrected chi connectivity index (χ4v) is 3.15. The molecule has 6 nitrogen and oxygen atoms in total. The average Bonchev–Trinajstić information content (AvgIpc) is 2.68. The van der Waals surface area contributed by atoms with Gasteiger partial charge in [0, 0.05) is 18.7 Å². The molecule has 0 radical (unpaired) electrons. The Morgan fingerprint density at radius 1 is 1.07 bits per heavy atom. The first-order valence-corrected chi connectivity index (χ1v) is 9.17. The molecule has 6 heteroatoms. The highest BCUT2D eigenvalue weighted by molar-refractivity contribution is 5.94. The summed E-state index contributed by atoms with van der Waals surface area (Å²) in [7, 11) is 0. The lowest BCUT2D eigenvalue weighted by atomic mass is 9.95. The van der Waals surface area contributed by atoms with E-state index in [9.17, 15) is 14.7 Å². The average molecular weight is 368 g/mol. The predicted octanol–water partition coefficient (Wildman–Crippen LogP) is 2.33. The van der Waals surface area contributed by atoms with Gasteiger partial charge in [0.1, 0.15) is 5.75 Å². The first-order valence-electron chi connectivity index (χ1n) is 9.17. The maximum Gasteiger partial charge on any atom is 0.251 e. The number of aromatic hydroxyl groups is 1. The predicted molar refractivity (Wildman–Crippen MR) is 102 cm³/mol. The van der Waals surface area contributed by atoms with E-state index in [2.05, 4.69) is 16.7 Å². The summed E-state index contributed by atoms with van der Waals surface area (Å²) in [5.41, 5.74) is 2.75. The number of benzene rings is 2. The Kier molecular flexibility index (Phi) is 6.44. The number of carbonyl (C=O) groups is 2. The van der Waals surface area contributed by atoms with Crippen molar-refractivity contribution in [3.63, 3.8) is 0 Å². The van der Waals surface area contributed by atoms with Crippen molar-refractivity contribution in [1.82, 2.24) is 10.6 Å². The molecule has 3 N–H and O–H groups in total. The molecule has 1 unspecified atom stereocenters. The third-order valence-corrected chi connectivity index (χ3v) is 4.53. The summed E-state index contributed by atoms with van der Waals surface area (Å²) in [5, 5.41) is 15.0. The van der Waals surface area contributed by atoms with Crippen molar-refractivity contribution in [2.24, 2.45) is 0 Å². The summed E-state index contributed by atoms with van der Waals surface area (Å²) >= 11 is 0. The van der Waals surface area contributed by atoms with Crippen molar-refractivity contribution in [1.29, 1.82) is 0 Å². The van der Waals surface area contributed by atoms with Crippen molar-refractivity contribution in [3.05, 3.63) is 65.2 Å². The van der Waals surface area contributed by atoms with Crippen LogP contribution in [-0.4, -0.2) is 36.6 Å². The van der Waals surface area contributed by atoms with Crippen LogP contribution in [0.2, 0.25) is 0 Å². The van der Waals surface area contributed by atoms with Gasteiger partial charge in [-0.1, -0.05) is 30.3 Å². The van der Waals surface area contributed by atoms with Gasteiger partial charge in [0.2, 0.25) is 5.91 Å². The van der Waals surface area contributed by atoms with Crippen molar-refractivity contribution in [2.45, 2.75) is 25.4 Å². The molecule has 2 amide bonds. The lowest BCUT2D eigenvalue weighted by Crippen LogP contribution is -2.31. The van der Waals surface area contributed by atoms with E-state index in [0.29, 0.717) is 38.1 Å². The second kappa shape index (κ2) is 9.19. The second-order valence-electron chi connectivity index (χ2n) is 6.52. The first kappa shape index (κ1) is 18.9. The van der Waals surface area contributed by atoms with Crippen molar-refractivity contribution >= 4 is 11.8 Å². The fraction of sp³-hybridized carbons (Fsp3) is 0.333. The van der Waals surface area contributed by atoms with Gasteiger partial charge in [-0.3, -0.25) is 9.59 Å². The summed E-state index contributed by atoms with van der Waals surface area (Å²) < 4.78 is 5.75. The van der Waals surface area contributed by atoms with Crippen LogP contribution in [0, 0.1) is 0 Å². The second-order valence-corrected chi connectivity index (χ2v) is 6.52. The molecule has 27 heavy (non-hydrogen) atoms. The molecule has 0 bridgehead atoms. The van der Waals surface area contributed by atoms with Gasteiger partial charge in [0.15, 0.2) is 0 Å². The van der Waals surface area contributed by atoms with Crippen LogP contribution in [0.1, 0.15) is 40.4 Å². The molecule has 2 aromatic rings. The Morgan fingerprint density at radius 3 is 2.74 bits per heavy atom. The van der Waals surface area contributed by atoms with E-state index in [1.54, 1.807) is 12.1 Å². The number of nitrogens with one attached hydrogen (secondary N) is 2. The van der Waals surface area contributed by atoms with Crippen LogP contribution in [0.4, 0.5) is 0 Å². The van der Waals surface area contributed by atoms with Crippen LogP contribution in [0.5, 0.6) is 5.75 Å². The fourth-order valence-electron chi connectivity index (χ4n) is 3.15. The largest absolute Gasteiger partial charge is 0.508 e. The molecule has 142 valence electrons. The normalized spacial score (nSPS) is 15.6. The number of hydrogen-bond donors (Lipinski definition) is 3. The first-order chi connectivity index (χ1) is 13.1. The number of amides is 2. The van der Waals surface area contributed by atoms with Gasteiger partial charge in [-0.25, -0.2) is 0 Å². The summed E-state index contributed by atoms with van der Waals surface area (Å²) in [5.74, 6) is -0.248. The van der Waals surface area contributed by atoms with Crippen molar-refractivity contribution in [2.75, 3.05) is 19.7 Å². The highest BCUT2D eigenvalue weighted by atomic mass is 16.5. The topological polar surface area (TPSA) is 87.7 Å². The van der Waals surface area contributed by atoms with Gasteiger partial charge < -0.3 is 20.5 Å². The van der Waals surface area contributed by atoms with Gasteiger partial charge in [0.05, 0.1) is 19.1 Å². The number of ether oxygens (including phenoxy) is 1. The molecular weight excluding hydrogens is 344 g/mol. The maximum absolute atomic E-state index is 12.2. The van der Waals surface area contributed by atoms with Crippen LogP contribution in [-0.2, 0) is 16.0 Å². The van der Waals surface area contributed by atoms with Gasteiger partial charge in [-0.2, -0.15) is 0 Å².